The summed E-state index contributed by atoms with van der Waals surface area (Å²) in [5, 5.41) is 2.75. The standard InChI is InChI=1S/C13H18ClF3N4/c1-9(8-21-5-3-2-4-6-21)18-11-7-10(14)19-12(20-11)13(15,16)17/h7,9H,2-6,8H2,1H3,(H,18,19,20). The van der Waals surface area contributed by atoms with E-state index in [1.807, 2.05) is 6.92 Å². The molecule has 1 unspecified atom stereocenters. The molecule has 1 fully saturated rings. The van der Waals surface area contributed by atoms with Crippen molar-refractivity contribution in [3.05, 3.63) is 17.0 Å². The van der Waals surface area contributed by atoms with Crippen molar-refractivity contribution in [1.82, 2.24) is 14.9 Å². The van der Waals surface area contributed by atoms with E-state index < -0.39 is 12.0 Å². The number of rotatable bonds is 4. The molecule has 1 saturated heterocycles. The Kier molecular flexibility index (Phi) is 5.27. The minimum Gasteiger partial charge on any atom is -0.366 e. The molecule has 1 aliphatic heterocycles. The molecule has 0 radical (unpaired) electrons. The summed E-state index contributed by atoms with van der Waals surface area (Å²) in [4.78, 5) is 8.99. The van der Waals surface area contributed by atoms with Crippen LogP contribution in [0, 0.1) is 0 Å². The van der Waals surface area contributed by atoms with Gasteiger partial charge in [0.1, 0.15) is 11.0 Å². The smallest absolute Gasteiger partial charge is 0.366 e. The summed E-state index contributed by atoms with van der Waals surface area (Å²) in [6.45, 7) is 4.75. The van der Waals surface area contributed by atoms with E-state index in [-0.39, 0.29) is 17.0 Å². The van der Waals surface area contributed by atoms with Crippen LogP contribution in [-0.4, -0.2) is 40.5 Å². The van der Waals surface area contributed by atoms with Gasteiger partial charge < -0.3 is 10.2 Å². The van der Waals surface area contributed by atoms with Crippen LogP contribution >= 0.6 is 11.6 Å². The van der Waals surface area contributed by atoms with Crippen molar-refractivity contribution in [3.63, 3.8) is 0 Å². The summed E-state index contributed by atoms with van der Waals surface area (Å²) in [7, 11) is 0. The lowest BCUT2D eigenvalue weighted by Crippen LogP contribution is -2.38. The minimum atomic E-state index is -4.60. The molecule has 0 saturated carbocycles. The largest absolute Gasteiger partial charge is 0.451 e. The molecule has 1 N–H and O–H groups in total. The molecule has 2 rings (SSSR count). The van der Waals surface area contributed by atoms with Crippen LogP contribution in [-0.2, 0) is 6.18 Å². The fraction of sp³-hybridized carbons (Fsp3) is 0.692. The normalized spacial score (nSPS) is 18.5. The number of aromatic nitrogens is 2. The number of likely N-dealkylation sites (tertiary alicyclic amines) is 1. The lowest BCUT2D eigenvalue weighted by Gasteiger charge is -2.29. The molecule has 118 valence electrons. The Balaban J connectivity index is 1.99. The summed E-state index contributed by atoms with van der Waals surface area (Å²) in [5.41, 5.74) is 0. The van der Waals surface area contributed by atoms with Gasteiger partial charge in [0.25, 0.3) is 0 Å². The summed E-state index contributed by atoms with van der Waals surface area (Å²) >= 11 is 5.63. The number of nitrogens with zero attached hydrogens (tertiary/aromatic N) is 3. The molecule has 8 heteroatoms. The second-order valence-corrected chi connectivity index (χ2v) is 5.69. The first-order chi connectivity index (χ1) is 9.84. The van der Waals surface area contributed by atoms with Gasteiger partial charge in [-0.1, -0.05) is 18.0 Å². The van der Waals surface area contributed by atoms with Crippen LogP contribution in [0.2, 0.25) is 5.15 Å². The van der Waals surface area contributed by atoms with Crippen molar-refractivity contribution in [2.45, 2.75) is 38.4 Å². The van der Waals surface area contributed by atoms with E-state index in [1.54, 1.807) is 0 Å². The third-order valence-electron chi connectivity index (χ3n) is 3.32. The van der Waals surface area contributed by atoms with Gasteiger partial charge in [0.15, 0.2) is 0 Å². The highest BCUT2D eigenvalue weighted by Crippen LogP contribution is 2.28. The van der Waals surface area contributed by atoms with Gasteiger partial charge in [-0.2, -0.15) is 13.2 Å². The Morgan fingerprint density at radius 2 is 1.95 bits per heavy atom. The predicted octanol–water partition coefficient (Wildman–Crippen LogP) is 3.44. The number of anilines is 1. The molecule has 1 aromatic rings. The van der Waals surface area contributed by atoms with Gasteiger partial charge in [-0.15, -0.1) is 0 Å². The molecule has 1 aliphatic rings. The maximum Gasteiger partial charge on any atom is 0.451 e. The highest BCUT2D eigenvalue weighted by Gasteiger charge is 2.35. The zero-order valence-electron chi connectivity index (χ0n) is 11.8. The first-order valence-electron chi connectivity index (χ1n) is 6.95. The zero-order valence-corrected chi connectivity index (χ0v) is 12.5. The lowest BCUT2D eigenvalue weighted by atomic mass is 10.1. The second-order valence-electron chi connectivity index (χ2n) is 5.30. The van der Waals surface area contributed by atoms with Crippen LogP contribution < -0.4 is 5.32 Å². The Morgan fingerprint density at radius 1 is 1.29 bits per heavy atom. The monoisotopic (exact) mass is 322 g/mol. The van der Waals surface area contributed by atoms with Crippen LogP contribution in [0.15, 0.2) is 6.07 Å². The fourth-order valence-electron chi connectivity index (χ4n) is 2.45. The molecule has 0 amide bonds. The van der Waals surface area contributed by atoms with E-state index in [0.29, 0.717) is 0 Å². The molecule has 0 spiro atoms. The molecular weight excluding hydrogens is 305 g/mol. The van der Waals surface area contributed by atoms with E-state index in [4.69, 9.17) is 11.6 Å². The number of halogens is 4. The zero-order chi connectivity index (χ0) is 15.5. The van der Waals surface area contributed by atoms with Gasteiger partial charge in [0.05, 0.1) is 0 Å². The first kappa shape index (κ1) is 16.3. The number of hydrogen-bond donors (Lipinski definition) is 1. The topological polar surface area (TPSA) is 41.0 Å². The Morgan fingerprint density at radius 3 is 2.57 bits per heavy atom. The minimum absolute atomic E-state index is 0.0184. The third-order valence-corrected chi connectivity index (χ3v) is 3.52. The van der Waals surface area contributed by atoms with Gasteiger partial charge in [-0.25, -0.2) is 9.97 Å². The van der Waals surface area contributed by atoms with Crippen molar-refractivity contribution in [1.29, 1.82) is 0 Å². The predicted molar refractivity (Wildman–Crippen MR) is 75.4 cm³/mol. The highest BCUT2D eigenvalue weighted by atomic mass is 35.5. The Bertz CT molecular complexity index is 475. The van der Waals surface area contributed by atoms with Crippen LogP contribution in [0.4, 0.5) is 19.0 Å². The van der Waals surface area contributed by atoms with Gasteiger partial charge in [0, 0.05) is 18.7 Å². The van der Waals surface area contributed by atoms with Gasteiger partial charge >= 0.3 is 6.18 Å². The molecule has 1 aromatic heterocycles. The summed E-state index contributed by atoms with van der Waals surface area (Å²) in [5.74, 6) is -1.12. The average molecular weight is 323 g/mol. The maximum atomic E-state index is 12.6. The van der Waals surface area contributed by atoms with E-state index in [0.717, 1.165) is 19.6 Å². The molecule has 0 bridgehead atoms. The van der Waals surface area contributed by atoms with Gasteiger partial charge in [-0.3, -0.25) is 0 Å². The van der Waals surface area contributed by atoms with Crippen LogP contribution in [0.25, 0.3) is 0 Å². The average Bonchev–Trinajstić information content (AvgIpc) is 2.37. The van der Waals surface area contributed by atoms with Gasteiger partial charge in [-0.05, 0) is 32.9 Å². The summed E-state index contributed by atoms with van der Waals surface area (Å²) in [6, 6.07) is 1.29. The quantitative estimate of drug-likeness (QED) is 0.862. The fourth-order valence-corrected chi connectivity index (χ4v) is 2.63. The molecule has 1 atom stereocenters. The number of alkyl halides is 3. The van der Waals surface area contributed by atoms with Crippen LogP contribution in [0.5, 0.6) is 0 Å². The maximum absolute atomic E-state index is 12.6. The van der Waals surface area contributed by atoms with Crippen molar-refractivity contribution < 1.29 is 13.2 Å². The van der Waals surface area contributed by atoms with Crippen LogP contribution in [0.1, 0.15) is 32.0 Å². The first-order valence-corrected chi connectivity index (χ1v) is 7.33. The SMILES string of the molecule is CC(CN1CCCCC1)Nc1cc(Cl)nc(C(F)(F)F)n1. The number of nitrogens with one attached hydrogen (secondary N) is 1. The van der Waals surface area contributed by atoms with E-state index in [9.17, 15) is 13.2 Å². The van der Waals surface area contributed by atoms with Crippen molar-refractivity contribution in [3.8, 4) is 0 Å². The van der Waals surface area contributed by atoms with Gasteiger partial charge in [0.2, 0.25) is 5.82 Å². The molecule has 0 aliphatic carbocycles. The molecule has 21 heavy (non-hydrogen) atoms. The summed E-state index contributed by atoms with van der Waals surface area (Å²) in [6.07, 6.45) is -1.01. The van der Waals surface area contributed by atoms with Crippen molar-refractivity contribution >= 4 is 17.4 Å². The Labute approximate surface area is 126 Å². The second kappa shape index (κ2) is 6.79. The lowest BCUT2D eigenvalue weighted by molar-refractivity contribution is -0.144. The molecule has 2 heterocycles. The van der Waals surface area contributed by atoms with Crippen molar-refractivity contribution in [2.24, 2.45) is 0 Å². The molecular formula is C13H18ClF3N4. The van der Waals surface area contributed by atoms with E-state index in [2.05, 4.69) is 20.2 Å². The van der Waals surface area contributed by atoms with Crippen molar-refractivity contribution in [2.75, 3.05) is 25.0 Å². The molecule has 0 aromatic carbocycles. The number of hydrogen-bond acceptors (Lipinski definition) is 4. The van der Waals surface area contributed by atoms with E-state index in [1.165, 1.54) is 25.3 Å². The Hall–Kier alpha value is -1.08. The number of piperidine rings is 1. The third kappa shape index (κ3) is 5.00. The summed E-state index contributed by atoms with van der Waals surface area (Å²) < 4.78 is 37.9. The van der Waals surface area contributed by atoms with E-state index >= 15 is 0 Å². The molecule has 4 nitrogen and oxygen atoms in total. The van der Waals surface area contributed by atoms with Crippen LogP contribution in [0.3, 0.4) is 0 Å². The highest BCUT2D eigenvalue weighted by molar-refractivity contribution is 6.29.